The molecule has 0 radical (unpaired) electrons. The lowest BCUT2D eigenvalue weighted by atomic mass is 10.2. The first-order valence-electron chi connectivity index (χ1n) is 5.67. The molecule has 5 heteroatoms. The van der Waals surface area contributed by atoms with E-state index in [4.69, 9.17) is 4.42 Å². The van der Waals surface area contributed by atoms with Gasteiger partial charge >= 0.3 is 0 Å². The summed E-state index contributed by atoms with van der Waals surface area (Å²) in [6.45, 7) is 3.85. The number of nitrogens with one attached hydrogen (secondary N) is 1. The number of furan rings is 1. The molecule has 0 aliphatic carbocycles. The van der Waals surface area contributed by atoms with Crippen molar-refractivity contribution in [1.82, 2.24) is 5.43 Å². The summed E-state index contributed by atoms with van der Waals surface area (Å²) >= 11 is 1.67. The van der Waals surface area contributed by atoms with Crippen LogP contribution in [0.15, 0.2) is 34.0 Å². The van der Waals surface area contributed by atoms with Gasteiger partial charge in [0.2, 0.25) is 0 Å². The lowest BCUT2D eigenvalue weighted by molar-refractivity contribution is 0.0953. The molecular formula is C13H14N2O2S. The van der Waals surface area contributed by atoms with Crippen molar-refractivity contribution in [3.63, 3.8) is 0 Å². The molecular weight excluding hydrogens is 248 g/mol. The van der Waals surface area contributed by atoms with E-state index in [-0.39, 0.29) is 5.91 Å². The van der Waals surface area contributed by atoms with Gasteiger partial charge in [-0.15, -0.1) is 11.3 Å². The molecule has 0 saturated heterocycles. The van der Waals surface area contributed by atoms with Gasteiger partial charge in [-0.1, -0.05) is 6.92 Å². The van der Waals surface area contributed by atoms with Gasteiger partial charge < -0.3 is 4.42 Å². The Kier molecular flexibility index (Phi) is 3.94. The second-order valence-electron chi connectivity index (χ2n) is 3.75. The number of nitrogens with zero attached hydrogens (tertiary/aromatic N) is 1. The van der Waals surface area contributed by atoms with E-state index < -0.39 is 0 Å². The van der Waals surface area contributed by atoms with Crippen LogP contribution in [-0.2, 0) is 6.42 Å². The van der Waals surface area contributed by atoms with Crippen molar-refractivity contribution in [2.24, 2.45) is 5.10 Å². The zero-order valence-electron chi connectivity index (χ0n) is 10.3. The van der Waals surface area contributed by atoms with Gasteiger partial charge in [-0.05, 0) is 31.5 Å². The lowest BCUT2D eigenvalue weighted by Crippen LogP contribution is -2.17. The monoisotopic (exact) mass is 262 g/mol. The highest BCUT2D eigenvalue weighted by Gasteiger charge is 2.09. The maximum absolute atomic E-state index is 11.7. The van der Waals surface area contributed by atoms with Crippen LogP contribution in [0.3, 0.4) is 0 Å². The minimum absolute atomic E-state index is 0.259. The van der Waals surface area contributed by atoms with Crippen LogP contribution in [0.1, 0.15) is 32.8 Å². The maximum Gasteiger partial charge on any atom is 0.274 e. The normalized spacial score (nSPS) is 11.0. The summed E-state index contributed by atoms with van der Waals surface area (Å²) in [4.78, 5) is 14.0. The number of amides is 1. The second-order valence-corrected chi connectivity index (χ2v) is 4.95. The van der Waals surface area contributed by atoms with Crippen LogP contribution in [-0.4, -0.2) is 12.1 Å². The zero-order chi connectivity index (χ0) is 13.0. The van der Waals surface area contributed by atoms with E-state index in [1.54, 1.807) is 30.5 Å². The minimum Gasteiger partial charge on any atom is -0.469 e. The van der Waals surface area contributed by atoms with Gasteiger partial charge in [0.25, 0.3) is 5.91 Å². The Balaban J connectivity index is 1.95. The first-order valence-corrected chi connectivity index (χ1v) is 6.48. The SMILES string of the molecule is CCc1ccc(C=NNC(=O)c2ccoc2C)s1. The van der Waals surface area contributed by atoms with Crippen molar-refractivity contribution in [3.8, 4) is 0 Å². The topological polar surface area (TPSA) is 54.6 Å². The average Bonchev–Trinajstić information content (AvgIpc) is 2.97. The standard InChI is InChI=1S/C13H14N2O2S/c1-3-10-4-5-11(18-10)8-14-15-13(16)12-6-7-17-9(12)2/h4-8H,3H2,1-2H3,(H,15,16). The van der Waals surface area contributed by atoms with Gasteiger partial charge in [0, 0.05) is 9.75 Å². The fraction of sp³-hybridized carbons (Fsp3) is 0.231. The Labute approximate surface area is 109 Å². The summed E-state index contributed by atoms with van der Waals surface area (Å²) in [6.07, 6.45) is 4.15. The molecule has 0 bridgehead atoms. The highest BCUT2D eigenvalue weighted by molar-refractivity contribution is 7.13. The van der Waals surface area contributed by atoms with E-state index in [1.165, 1.54) is 11.1 Å². The largest absolute Gasteiger partial charge is 0.469 e. The van der Waals surface area contributed by atoms with Crippen LogP contribution < -0.4 is 5.43 Å². The molecule has 0 aromatic carbocycles. The summed E-state index contributed by atoms with van der Waals surface area (Å²) in [5, 5.41) is 3.93. The van der Waals surface area contributed by atoms with Gasteiger partial charge in [0.05, 0.1) is 18.0 Å². The van der Waals surface area contributed by atoms with Crippen LogP contribution in [0.2, 0.25) is 0 Å². The fourth-order valence-corrected chi connectivity index (χ4v) is 2.31. The molecule has 18 heavy (non-hydrogen) atoms. The molecule has 0 saturated carbocycles. The quantitative estimate of drug-likeness (QED) is 0.680. The predicted octanol–water partition coefficient (Wildman–Crippen LogP) is 2.98. The molecule has 4 nitrogen and oxygen atoms in total. The molecule has 1 amide bonds. The summed E-state index contributed by atoms with van der Waals surface area (Å²) in [6, 6.07) is 5.68. The number of hydrogen-bond acceptors (Lipinski definition) is 4. The molecule has 0 aliphatic heterocycles. The lowest BCUT2D eigenvalue weighted by Gasteiger charge is -1.96. The fourth-order valence-electron chi connectivity index (χ4n) is 1.49. The van der Waals surface area contributed by atoms with Gasteiger partial charge in [-0.3, -0.25) is 4.79 Å². The van der Waals surface area contributed by atoms with Crippen LogP contribution >= 0.6 is 11.3 Å². The summed E-state index contributed by atoms with van der Waals surface area (Å²) < 4.78 is 5.06. The Bertz CT molecular complexity index is 569. The number of aryl methyl sites for hydroxylation is 2. The summed E-state index contributed by atoms with van der Waals surface area (Å²) in [7, 11) is 0. The van der Waals surface area contributed by atoms with Crippen molar-refractivity contribution in [2.75, 3.05) is 0 Å². The van der Waals surface area contributed by atoms with E-state index in [0.717, 1.165) is 11.3 Å². The van der Waals surface area contributed by atoms with Crippen LogP contribution in [0.4, 0.5) is 0 Å². The van der Waals surface area contributed by atoms with Crippen molar-refractivity contribution in [1.29, 1.82) is 0 Å². The predicted molar refractivity (Wildman–Crippen MR) is 72.2 cm³/mol. The highest BCUT2D eigenvalue weighted by atomic mass is 32.1. The number of carbonyl (C=O) groups excluding carboxylic acids is 1. The molecule has 0 atom stereocenters. The molecule has 2 rings (SSSR count). The summed E-state index contributed by atoms with van der Waals surface area (Å²) in [5.74, 6) is 0.330. The summed E-state index contributed by atoms with van der Waals surface area (Å²) in [5.41, 5.74) is 2.99. The minimum atomic E-state index is -0.259. The smallest absolute Gasteiger partial charge is 0.274 e. The van der Waals surface area contributed by atoms with Crippen LogP contribution in [0, 0.1) is 6.92 Å². The van der Waals surface area contributed by atoms with E-state index in [2.05, 4.69) is 23.5 Å². The van der Waals surface area contributed by atoms with Gasteiger partial charge in [0.1, 0.15) is 5.76 Å². The highest BCUT2D eigenvalue weighted by Crippen LogP contribution is 2.14. The number of carbonyl (C=O) groups is 1. The molecule has 0 aliphatic rings. The van der Waals surface area contributed by atoms with Crippen molar-refractivity contribution < 1.29 is 9.21 Å². The number of thiophene rings is 1. The maximum atomic E-state index is 11.7. The average molecular weight is 262 g/mol. The van der Waals surface area contributed by atoms with E-state index in [0.29, 0.717) is 11.3 Å². The van der Waals surface area contributed by atoms with Crippen molar-refractivity contribution >= 4 is 23.5 Å². The third-order valence-corrected chi connectivity index (χ3v) is 3.66. The third-order valence-electron chi connectivity index (χ3n) is 2.49. The number of hydrazone groups is 1. The molecule has 94 valence electrons. The first kappa shape index (κ1) is 12.6. The van der Waals surface area contributed by atoms with Crippen molar-refractivity contribution in [2.45, 2.75) is 20.3 Å². The van der Waals surface area contributed by atoms with E-state index in [9.17, 15) is 4.79 Å². The van der Waals surface area contributed by atoms with Crippen molar-refractivity contribution in [3.05, 3.63) is 45.5 Å². The molecule has 2 aromatic rings. The zero-order valence-corrected chi connectivity index (χ0v) is 11.1. The molecule has 0 fully saturated rings. The van der Waals surface area contributed by atoms with Gasteiger partial charge in [0.15, 0.2) is 0 Å². The first-order chi connectivity index (χ1) is 8.70. The van der Waals surface area contributed by atoms with Crippen LogP contribution in [0.25, 0.3) is 0 Å². The van der Waals surface area contributed by atoms with Gasteiger partial charge in [-0.25, -0.2) is 5.43 Å². The molecule has 2 heterocycles. The Morgan fingerprint density at radius 1 is 1.50 bits per heavy atom. The third kappa shape index (κ3) is 2.87. The van der Waals surface area contributed by atoms with Gasteiger partial charge in [-0.2, -0.15) is 5.10 Å². The number of hydrogen-bond donors (Lipinski definition) is 1. The van der Waals surface area contributed by atoms with E-state index >= 15 is 0 Å². The van der Waals surface area contributed by atoms with Crippen LogP contribution in [0.5, 0.6) is 0 Å². The Morgan fingerprint density at radius 3 is 2.94 bits per heavy atom. The second kappa shape index (κ2) is 5.64. The molecule has 1 N–H and O–H groups in total. The molecule has 0 unspecified atom stereocenters. The van der Waals surface area contributed by atoms with E-state index in [1.807, 2.05) is 6.07 Å². The molecule has 2 aromatic heterocycles. The molecule has 0 spiro atoms. The Hall–Kier alpha value is -1.88. The number of rotatable bonds is 4. The Morgan fingerprint density at radius 2 is 2.33 bits per heavy atom.